The molecule has 8 nitrogen and oxygen atoms in total. The summed E-state index contributed by atoms with van der Waals surface area (Å²) in [5, 5.41) is 24.5. The number of amides is 1. The first kappa shape index (κ1) is 15.6. The first-order chi connectivity index (χ1) is 10.3. The lowest BCUT2D eigenvalue weighted by molar-refractivity contribution is -0.155. The van der Waals surface area contributed by atoms with Gasteiger partial charge < -0.3 is 20.1 Å². The van der Waals surface area contributed by atoms with Gasteiger partial charge in [-0.2, -0.15) is 4.98 Å². The largest absolute Gasteiger partial charge is 0.479 e. The van der Waals surface area contributed by atoms with Crippen LogP contribution in [0.3, 0.4) is 0 Å². The van der Waals surface area contributed by atoms with Crippen LogP contribution in [0.4, 0.5) is 0 Å². The van der Waals surface area contributed by atoms with Crippen molar-refractivity contribution < 1.29 is 24.3 Å². The number of rotatable bonds is 5. The predicted octanol–water partition coefficient (Wildman–Crippen LogP) is 0.610. The Morgan fingerprint density at radius 3 is 2.64 bits per heavy atom. The summed E-state index contributed by atoms with van der Waals surface area (Å²) in [5.74, 6) is -1.35. The van der Waals surface area contributed by atoms with Crippen molar-refractivity contribution >= 4 is 11.9 Å². The highest BCUT2D eigenvalue weighted by atomic mass is 16.5. The van der Waals surface area contributed by atoms with E-state index in [0.29, 0.717) is 11.4 Å². The number of hydrogen-bond donors (Lipinski definition) is 3. The lowest BCUT2D eigenvalue weighted by atomic mass is 10.1. The summed E-state index contributed by atoms with van der Waals surface area (Å²) in [5.41, 5.74) is -1.38. The number of aliphatic carboxylic acids is 1. The van der Waals surface area contributed by atoms with Gasteiger partial charge in [-0.05, 0) is 26.0 Å². The van der Waals surface area contributed by atoms with Crippen LogP contribution < -0.4 is 5.32 Å². The number of benzene rings is 1. The normalized spacial score (nSPS) is 13.4. The van der Waals surface area contributed by atoms with E-state index in [0.717, 1.165) is 6.92 Å². The second-order valence-corrected chi connectivity index (χ2v) is 4.95. The Morgan fingerprint density at radius 1 is 1.36 bits per heavy atom. The van der Waals surface area contributed by atoms with E-state index >= 15 is 0 Å². The molecule has 8 heteroatoms. The molecule has 22 heavy (non-hydrogen) atoms. The Bertz CT molecular complexity index is 708. The third-order valence-corrected chi connectivity index (χ3v) is 2.98. The van der Waals surface area contributed by atoms with Gasteiger partial charge in [0.1, 0.15) is 0 Å². The molecule has 0 spiro atoms. The van der Waals surface area contributed by atoms with Gasteiger partial charge >= 0.3 is 5.97 Å². The molecule has 0 aliphatic rings. The van der Waals surface area contributed by atoms with Gasteiger partial charge in [0.25, 0.3) is 11.8 Å². The van der Waals surface area contributed by atoms with Crippen LogP contribution in [0.25, 0.3) is 11.5 Å². The van der Waals surface area contributed by atoms with Gasteiger partial charge in [-0.3, -0.25) is 4.79 Å². The topological polar surface area (TPSA) is 126 Å². The number of nitrogens with one attached hydrogen (secondary N) is 1. The molecule has 1 atom stereocenters. The van der Waals surface area contributed by atoms with E-state index < -0.39 is 24.0 Å². The van der Waals surface area contributed by atoms with Crippen LogP contribution in [-0.4, -0.2) is 44.4 Å². The summed E-state index contributed by atoms with van der Waals surface area (Å²) in [7, 11) is 0. The molecule has 0 aliphatic carbocycles. The van der Waals surface area contributed by atoms with Crippen LogP contribution >= 0.6 is 0 Å². The van der Waals surface area contributed by atoms with Gasteiger partial charge in [-0.1, -0.05) is 17.3 Å². The van der Waals surface area contributed by atoms with Gasteiger partial charge in [0.2, 0.25) is 0 Å². The van der Waals surface area contributed by atoms with Crippen molar-refractivity contribution in [3.8, 4) is 11.5 Å². The number of hydrogen-bond acceptors (Lipinski definition) is 6. The van der Waals surface area contributed by atoms with Crippen molar-refractivity contribution in [1.29, 1.82) is 0 Å². The van der Waals surface area contributed by atoms with E-state index in [1.165, 1.54) is 0 Å². The maximum Gasteiger partial charge on any atom is 0.337 e. The standard InChI is InChI=1S/C14H15N3O5/c1-8-16-12(22-17-8)10-6-4-3-5-9(10)11(18)15-7-14(2,21)13(19)20/h3-6,21H,7H2,1-2H3,(H,15,18)(H,19,20). The summed E-state index contributed by atoms with van der Waals surface area (Å²) in [6, 6.07) is 6.53. The SMILES string of the molecule is Cc1noc(-c2ccccc2C(=O)NCC(C)(O)C(=O)O)n1. The van der Waals surface area contributed by atoms with E-state index in [-0.39, 0.29) is 11.5 Å². The van der Waals surface area contributed by atoms with Crippen LogP contribution in [0.5, 0.6) is 0 Å². The zero-order chi connectivity index (χ0) is 16.3. The number of carbonyl (C=O) groups excluding carboxylic acids is 1. The van der Waals surface area contributed by atoms with Crippen molar-refractivity contribution in [2.45, 2.75) is 19.4 Å². The van der Waals surface area contributed by atoms with Crippen LogP contribution in [0.1, 0.15) is 23.1 Å². The molecule has 0 bridgehead atoms. The molecular formula is C14H15N3O5. The number of aromatic nitrogens is 2. The number of aryl methyl sites for hydroxylation is 1. The molecule has 2 rings (SSSR count). The minimum absolute atomic E-state index is 0.188. The highest BCUT2D eigenvalue weighted by Crippen LogP contribution is 2.21. The Hall–Kier alpha value is -2.74. The summed E-state index contributed by atoms with van der Waals surface area (Å²) in [4.78, 5) is 27.1. The monoisotopic (exact) mass is 305 g/mol. The molecular weight excluding hydrogens is 290 g/mol. The molecule has 0 aliphatic heterocycles. The average molecular weight is 305 g/mol. The van der Waals surface area contributed by atoms with Gasteiger partial charge in [0.15, 0.2) is 11.4 Å². The van der Waals surface area contributed by atoms with Crippen molar-refractivity contribution in [3.05, 3.63) is 35.7 Å². The van der Waals surface area contributed by atoms with Gasteiger partial charge in [-0.25, -0.2) is 4.79 Å². The van der Waals surface area contributed by atoms with E-state index in [1.807, 2.05) is 0 Å². The molecule has 0 saturated heterocycles. The fraction of sp³-hybridized carbons (Fsp3) is 0.286. The number of carbonyl (C=O) groups is 2. The molecule has 2 aromatic rings. The maximum absolute atomic E-state index is 12.2. The van der Waals surface area contributed by atoms with Crippen LogP contribution in [0.15, 0.2) is 28.8 Å². The number of aliphatic hydroxyl groups is 1. The molecule has 1 aromatic carbocycles. The Kier molecular flexibility index (Phi) is 4.22. The zero-order valence-corrected chi connectivity index (χ0v) is 12.0. The summed E-state index contributed by atoms with van der Waals surface area (Å²) in [6.45, 7) is 2.32. The van der Waals surface area contributed by atoms with Gasteiger partial charge in [0.05, 0.1) is 17.7 Å². The highest BCUT2D eigenvalue weighted by molar-refractivity contribution is 6.00. The van der Waals surface area contributed by atoms with Crippen molar-refractivity contribution in [3.63, 3.8) is 0 Å². The summed E-state index contributed by atoms with van der Waals surface area (Å²) in [6.07, 6.45) is 0. The smallest absolute Gasteiger partial charge is 0.337 e. The average Bonchev–Trinajstić information content (AvgIpc) is 2.91. The van der Waals surface area contributed by atoms with Crippen molar-refractivity contribution in [2.75, 3.05) is 6.54 Å². The fourth-order valence-electron chi connectivity index (χ4n) is 1.70. The first-order valence-corrected chi connectivity index (χ1v) is 6.45. The lowest BCUT2D eigenvalue weighted by Crippen LogP contribution is -2.46. The van der Waals surface area contributed by atoms with Gasteiger partial charge in [0, 0.05) is 0 Å². The third kappa shape index (κ3) is 3.29. The number of nitrogens with zero attached hydrogens (tertiary/aromatic N) is 2. The highest BCUT2D eigenvalue weighted by Gasteiger charge is 2.30. The van der Waals surface area contributed by atoms with Crippen LogP contribution in [0, 0.1) is 6.92 Å². The second kappa shape index (κ2) is 5.94. The van der Waals surface area contributed by atoms with E-state index in [2.05, 4.69) is 15.5 Å². The van der Waals surface area contributed by atoms with E-state index in [1.54, 1.807) is 31.2 Å². The second-order valence-electron chi connectivity index (χ2n) is 4.95. The van der Waals surface area contributed by atoms with E-state index in [4.69, 9.17) is 9.63 Å². The van der Waals surface area contributed by atoms with Crippen LogP contribution in [-0.2, 0) is 4.79 Å². The predicted molar refractivity (Wildman–Crippen MR) is 75.1 cm³/mol. The number of carboxylic acids is 1. The number of carboxylic acid groups (broad SMARTS) is 1. The Labute approximate surface area is 125 Å². The van der Waals surface area contributed by atoms with Crippen molar-refractivity contribution in [1.82, 2.24) is 15.5 Å². The van der Waals surface area contributed by atoms with Crippen LogP contribution in [0.2, 0.25) is 0 Å². The van der Waals surface area contributed by atoms with E-state index in [9.17, 15) is 14.7 Å². The van der Waals surface area contributed by atoms with Gasteiger partial charge in [-0.15, -0.1) is 0 Å². The molecule has 116 valence electrons. The summed E-state index contributed by atoms with van der Waals surface area (Å²) < 4.78 is 5.04. The third-order valence-electron chi connectivity index (χ3n) is 2.98. The maximum atomic E-state index is 12.2. The first-order valence-electron chi connectivity index (χ1n) is 6.45. The minimum atomic E-state index is -2.05. The molecule has 1 aromatic heterocycles. The molecule has 1 heterocycles. The fourth-order valence-corrected chi connectivity index (χ4v) is 1.70. The Balaban J connectivity index is 2.22. The van der Waals surface area contributed by atoms with Crippen molar-refractivity contribution in [2.24, 2.45) is 0 Å². The molecule has 1 unspecified atom stereocenters. The molecule has 1 amide bonds. The molecule has 0 saturated carbocycles. The zero-order valence-electron chi connectivity index (χ0n) is 12.0. The molecule has 0 radical (unpaired) electrons. The lowest BCUT2D eigenvalue weighted by Gasteiger charge is -2.18. The quantitative estimate of drug-likeness (QED) is 0.738. The summed E-state index contributed by atoms with van der Waals surface area (Å²) >= 11 is 0. The molecule has 3 N–H and O–H groups in total. The minimum Gasteiger partial charge on any atom is -0.479 e. The Morgan fingerprint density at radius 2 is 2.05 bits per heavy atom. The molecule has 0 fully saturated rings.